The van der Waals surface area contributed by atoms with E-state index in [1.807, 2.05) is 4.90 Å². The fourth-order valence-corrected chi connectivity index (χ4v) is 5.94. The zero-order valence-corrected chi connectivity index (χ0v) is 20.2. The Morgan fingerprint density at radius 3 is 2.56 bits per heavy atom. The number of likely N-dealkylation sites (N-methyl/N-ethyl adjacent to an activating group) is 1. The van der Waals surface area contributed by atoms with Crippen molar-refractivity contribution in [3.05, 3.63) is 51.7 Å². The van der Waals surface area contributed by atoms with Gasteiger partial charge in [-0.15, -0.1) is 11.3 Å². The van der Waals surface area contributed by atoms with Crippen LogP contribution in [0.4, 0.5) is 4.39 Å². The van der Waals surface area contributed by atoms with Crippen LogP contribution in [-0.2, 0) is 9.59 Å². The van der Waals surface area contributed by atoms with E-state index in [1.165, 1.54) is 35.6 Å². The number of halogens is 1. The highest BCUT2D eigenvalue weighted by Crippen LogP contribution is 2.36. The van der Waals surface area contributed by atoms with Crippen LogP contribution in [0.1, 0.15) is 72.0 Å². The third-order valence-electron chi connectivity index (χ3n) is 6.72. The molecule has 4 rings (SSSR count). The molecule has 1 saturated carbocycles. The van der Waals surface area contributed by atoms with E-state index in [0.717, 1.165) is 50.0 Å². The number of rotatable bonds is 8. The van der Waals surface area contributed by atoms with Gasteiger partial charge < -0.3 is 15.5 Å². The van der Waals surface area contributed by atoms with Crippen molar-refractivity contribution >= 4 is 28.9 Å². The average Bonchev–Trinajstić information content (AvgIpc) is 3.53. The van der Waals surface area contributed by atoms with E-state index < -0.39 is 11.9 Å². The molecule has 182 valence electrons. The quantitative estimate of drug-likeness (QED) is 0.558. The highest BCUT2D eigenvalue weighted by Gasteiger charge is 2.39. The number of carbonyl (C=O) groups is 3. The lowest BCUT2D eigenvalue weighted by atomic mass is 9.83. The molecule has 2 fully saturated rings. The summed E-state index contributed by atoms with van der Waals surface area (Å²) < 4.78 is 13.2. The minimum Gasteiger partial charge on any atom is -0.343 e. The number of amides is 2. The van der Waals surface area contributed by atoms with Crippen LogP contribution in [0.15, 0.2) is 29.6 Å². The average molecular weight is 487 g/mol. The normalized spacial score (nSPS) is 19.7. The molecule has 2 N–H and O–H groups in total. The van der Waals surface area contributed by atoms with Crippen LogP contribution in [0.5, 0.6) is 0 Å². The van der Waals surface area contributed by atoms with Crippen molar-refractivity contribution in [1.29, 1.82) is 0 Å². The summed E-state index contributed by atoms with van der Waals surface area (Å²) in [6.07, 6.45) is 6.79. The monoisotopic (exact) mass is 486 g/mol. The largest absolute Gasteiger partial charge is 0.343 e. The summed E-state index contributed by atoms with van der Waals surface area (Å²) in [5, 5.41) is 8.27. The van der Waals surface area contributed by atoms with Crippen LogP contribution in [0, 0.1) is 11.7 Å². The van der Waals surface area contributed by atoms with Crippen LogP contribution < -0.4 is 10.6 Å². The lowest BCUT2D eigenvalue weighted by Gasteiger charge is -2.34. The van der Waals surface area contributed by atoms with Crippen LogP contribution >= 0.6 is 11.3 Å². The van der Waals surface area contributed by atoms with E-state index in [-0.39, 0.29) is 36.1 Å². The van der Waals surface area contributed by atoms with Crippen molar-refractivity contribution < 1.29 is 18.8 Å². The molecule has 34 heavy (non-hydrogen) atoms. The highest BCUT2D eigenvalue weighted by atomic mass is 32.1. The van der Waals surface area contributed by atoms with Gasteiger partial charge in [0.2, 0.25) is 17.6 Å². The molecule has 1 saturated heterocycles. The van der Waals surface area contributed by atoms with Crippen molar-refractivity contribution in [3.63, 3.8) is 0 Å². The van der Waals surface area contributed by atoms with Crippen molar-refractivity contribution in [2.24, 2.45) is 5.92 Å². The first-order valence-corrected chi connectivity index (χ1v) is 12.9. The van der Waals surface area contributed by atoms with Crippen molar-refractivity contribution in [3.8, 4) is 0 Å². The second kappa shape index (κ2) is 11.2. The third-order valence-corrected chi connectivity index (χ3v) is 7.67. The molecule has 1 aliphatic heterocycles. The second-order valence-corrected chi connectivity index (χ2v) is 9.96. The Hall–Kier alpha value is -2.65. The number of aromatic nitrogens is 1. The molecular weight excluding hydrogens is 455 g/mol. The lowest BCUT2D eigenvalue weighted by molar-refractivity contribution is -0.139. The lowest BCUT2D eigenvalue weighted by Crippen LogP contribution is -2.53. The number of nitrogens with zero attached hydrogens (tertiary/aromatic N) is 2. The molecule has 1 aliphatic carbocycles. The van der Waals surface area contributed by atoms with Gasteiger partial charge in [0.1, 0.15) is 22.6 Å². The maximum Gasteiger partial charge on any atom is 0.246 e. The Labute approximate surface area is 203 Å². The van der Waals surface area contributed by atoms with Gasteiger partial charge in [0.05, 0.1) is 12.6 Å². The maximum absolute atomic E-state index is 13.7. The van der Waals surface area contributed by atoms with Gasteiger partial charge in [-0.3, -0.25) is 14.4 Å². The van der Waals surface area contributed by atoms with Crippen LogP contribution in [0.25, 0.3) is 0 Å². The Morgan fingerprint density at radius 1 is 1.12 bits per heavy atom. The van der Waals surface area contributed by atoms with Crippen LogP contribution in [-0.4, -0.2) is 53.7 Å². The van der Waals surface area contributed by atoms with Crippen molar-refractivity contribution in [2.75, 3.05) is 20.1 Å². The Balaban J connectivity index is 1.52. The molecule has 2 heterocycles. The second-order valence-electron chi connectivity index (χ2n) is 9.07. The molecule has 0 spiro atoms. The minimum atomic E-state index is -0.540. The molecule has 2 atom stereocenters. The number of hydrogen-bond acceptors (Lipinski definition) is 6. The van der Waals surface area contributed by atoms with Gasteiger partial charge in [0.25, 0.3) is 0 Å². The molecule has 1 aromatic carbocycles. The highest BCUT2D eigenvalue weighted by molar-refractivity contribution is 7.10. The van der Waals surface area contributed by atoms with E-state index >= 15 is 0 Å². The summed E-state index contributed by atoms with van der Waals surface area (Å²) in [4.78, 5) is 45.3. The predicted molar refractivity (Wildman–Crippen MR) is 128 cm³/mol. The van der Waals surface area contributed by atoms with E-state index in [2.05, 4.69) is 15.6 Å². The summed E-state index contributed by atoms with van der Waals surface area (Å²) in [6, 6.07) is 4.66. The Kier molecular flexibility index (Phi) is 8.05. The Bertz CT molecular complexity index is 1020. The number of benzene rings is 1. The van der Waals surface area contributed by atoms with Gasteiger partial charge in [-0.1, -0.05) is 19.3 Å². The number of hydrogen-bond donors (Lipinski definition) is 2. The summed E-state index contributed by atoms with van der Waals surface area (Å²) in [5.41, 5.74) is 0.680. The molecule has 2 aliphatic rings. The molecule has 1 aromatic heterocycles. The summed E-state index contributed by atoms with van der Waals surface area (Å²) in [6.45, 7) is 0.775. The topological polar surface area (TPSA) is 91.4 Å². The van der Waals surface area contributed by atoms with E-state index in [9.17, 15) is 18.8 Å². The van der Waals surface area contributed by atoms with E-state index in [1.54, 1.807) is 12.4 Å². The Morgan fingerprint density at radius 2 is 1.85 bits per heavy atom. The molecule has 0 radical (unpaired) electrons. The fourth-order valence-electron chi connectivity index (χ4n) is 4.99. The standard InChI is InChI=1S/C25H31FN4O3S/c1-27-14-21(31)29-22(16-6-3-2-4-7-16)25(33)30-13-5-8-20(30)24-28-19(15-34-24)23(32)17-9-11-18(26)12-10-17/h9-12,15-16,20,22,27H,2-8,13-14H2,1H3,(H,29,31). The number of likely N-dealkylation sites (tertiary alicyclic amines) is 1. The zero-order chi connectivity index (χ0) is 24.1. The van der Waals surface area contributed by atoms with Gasteiger partial charge in [0, 0.05) is 17.5 Å². The van der Waals surface area contributed by atoms with Crippen LogP contribution in [0.2, 0.25) is 0 Å². The smallest absolute Gasteiger partial charge is 0.246 e. The molecule has 7 nitrogen and oxygen atoms in total. The van der Waals surface area contributed by atoms with E-state index in [0.29, 0.717) is 17.8 Å². The molecule has 0 bridgehead atoms. The van der Waals surface area contributed by atoms with Gasteiger partial charge >= 0.3 is 0 Å². The number of nitrogens with one attached hydrogen (secondary N) is 2. The molecule has 2 aromatic rings. The van der Waals surface area contributed by atoms with Gasteiger partial charge in [-0.2, -0.15) is 0 Å². The molecule has 2 unspecified atom stereocenters. The van der Waals surface area contributed by atoms with Gasteiger partial charge in [-0.25, -0.2) is 9.37 Å². The number of carbonyl (C=O) groups excluding carboxylic acids is 3. The first kappa shape index (κ1) is 24.5. The molecule has 9 heteroatoms. The maximum atomic E-state index is 13.7. The number of ketones is 1. The molecule has 2 amide bonds. The van der Waals surface area contributed by atoms with Crippen LogP contribution in [0.3, 0.4) is 0 Å². The van der Waals surface area contributed by atoms with Crippen molar-refractivity contribution in [2.45, 2.75) is 57.0 Å². The SMILES string of the molecule is CNCC(=O)NC(C(=O)N1CCCC1c1nc(C(=O)c2ccc(F)cc2)cs1)C1CCCCC1. The first-order chi connectivity index (χ1) is 16.5. The predicted octanol–water partition coefficient (Wildman–Crippen LogP) is 3.46. The van der Waals surface area contributed by atoms with Crippen molar-refractivity contribution in [1.82, 2.24) is 20.5 Å². The summed E-state index contributed by atoms with van der Waals surface area (Å²) >= 11 is 1.37. The van der Waals surface area contributed by atoms with Gasteiger partial charge in [-0.05, 0) is 62.9 Å². The van der Waals surface area contributed by atoms with E-state index in [4.69, 9.17) is 0 Å². The summed E-state index contributed by atoms with van der Waals surface area (Å²) in [7, 11) is 1.71. The zero-order valence-electron chi connectivity index (χ0n) is 19.4. The fraction of sp³-hybridized carbons (Fsp3) is 0.520. The number of thiazole rings is 1. The first-order valence-electron chi connectivity index (χ1n) is 12.0. The molecular formula is C25H31FN4O3S. The third kappa shape index (κ3) is 5.52. The minimum absolute atomic E-state index is 0.0551. The summed E-state index contributed by atoms with van der Waals surface area (Å²) in [5.74, 6) is -0.762. The van der Waals surface area contributed by atoms with Gasteiger partial charge in [0.15, 0.2) is 0 Å².